The van der Waals surface area contributed by atoms with E-state index in [1.807, 2.05) is 6.92 Å². The molecule has 4 heteroatoms. The summed E-state index contributed by atoms with van der Waals surface area (Å²) < 4.78 is 5.38. The van der Waals surface area contributed by atoms with E-state index in [1.54, 1.807) is 0 Å². The van der Waals surface area contributed by atoms with Crippen molar-refractivity contribution >= 4 is 0 Å². The number of hydrogen-bond donors (Lipinski definition) is 3. The van der Waals surface area contributed by atoms with Crippen molar-refractivity contribution in [2.45, 2.75) is 32.0 Å². The Morgan fingerprint density at radius 2 is 2.64 bits per heavy atom. The first-order valence-electron chi connectivity index (χ1n) is 4.14. The van der Waals surface area contributed by atoms with Gasteiger partial charge in [-0.25, -0.2) is 5.43 Å². The molecule has 4 nitrogen and oxygen atoms in total. The first kappa shape index (κ1) is 8.93. The van der Waals surface area contributed by atoms with Crippen LogP contribution in [0.2, 0.25) is 0 Å². The molecule has 0 spiro atoms. The SMILES string of the molecule is CC(NN)OC[C@@H]1CCCN1. The first-order valence-corrected chi connectivity index (χ1v) is 4.14. The van der Waals surface area contributed by atoms with Gasteiger partial charge in [-0.15, -0.1) is 0 Å². The number of hydrogen-bond acceptors (Lipinski definition) is 4. The molecule has 1 fully saturated rings. The van der Waals surface area contributed by atoms with Gasteiger partial charge in [0.15, 0.2) is 0 Å². The lowest BCUT2D eigenvalue weighted by molar-refractivity contribution is 0.0316. The van der Waals surface area contributed by atoms with Crippen molar-refractivity contribution in [2.75, 3.05) is 13.2 Å². The fourth-order valence-corrected chi connectivity index (χ4v) is 1.21. The Hall–Kier alpha value is -0.160. The third-order valence-electron chi connectivity index (χ3n) is 1.94. The summed E-state index contributed by atoms with van der Waals surface area (Å²) >= 11 is 0. The summed E-state index contributed by atoms with van der Waals surface area (Å²) in [5.74, 6) is 5.16. The van der Waals surface area contributed by atoms with E-state index < -0.39 is 0 Å². The fourth-order valence-electron chi connectivity index (χ4n) is 1.21. The summed E-state index contributed by atoms with van der Waals surface area (Å²) in [7, 11) is 0. The van der Waals surface area contributed by atoms with Gasteiger partial charge in [-0.1, -0.05) is 0 Å². The van der Waals surface area contributed by atoms with Crippen LogP contribution in [0.25, 0.3) is 0 Å². The molecule has 4 N–H and O–H groups in total. The number of hydrazine groups is 1. The molecule has 2 atom stereocenters. The van der Waals surface area contributed by atoms with Gasteiger partial charge in [-0.05, 0) is 26.3 Å². The standard InChI is InChI=1S/C7H17N3O/c1-6(10-8)11-5-7-3-2-4-9-7/h6-7,9-10H,2-5,8H2,1H3/t6?,7-/m0/s1. The summed E-state index contributed by atoms with van der Waals surface area (Å²) in [6.07, 6.45) is 2.44. The zero-order chi connectivity index (χ0) is 8.10. The average molecular weight is 159 g/mol. The van der Waals surface area contributed by atoms with Crippen LogP contribution in [-0.4, -0.2) is 25.4 Å². The lowest BCUT2D eigenvalue weighted by Crippen LogP contribution is -2.38. The Labute approximate surface area is 67.4 Å². The van der Waals surface area contributed by atoms with Crippen molar-refractivity contribution in [3.05, 3.63) is 0 Å². The smallest absolute Gasteiger partial charge is 0.117 e. The molecule has 0 radical (unpaired) electrons. The molecule has 1 saturated heterocycles. The lowest BCUT2D eigenvalue weighted by Gasteiger charge is -2.15. The topological polar surface area (TPSA) is 59.3 Å². The molecule has 0 saturated carbocycles. The van der Waals surface area contributed by atoms with Gasteiger partial charge in [0.1, 0.15) is 6.23 Å². The van der Waals surface area contributed by atoms with E-state index >= 15 is 0 Å². The Morgan fingerprint density at radius 1 is 1.82 bits per heavy atom. The number of nitrogens with two attached hydrogens (primary N) is 1. The van der Waals surface area contributed by atoms with Crippen LogP contribution in [0.15, 0.2) is 0 Å². The monoisotopic (exact) mass is 159 g/mol. The van der Waals surface area contributed by atoms with Gasteiger partial charge in [0.05, 0.1) is 6.61 Å². The number of nitrogens with one attached hydrogen (secondary N) is 2. The van der Waals surface area contributed by atoms with E-state index in [4.69, 9.17) is 10.6 Å². The van der Waals surface area contributed by atoms with Gasteiger partial charge in [0.2, 0.25) is 0 Å². The van der Waals surface area contributed by atoms with Crippen molar-refractivity contribution in [3.63, 3.8) is 0 Å². The van der Waals surface area contributed by atoms with Crippen LogP contribution < -0.4 is 16.6 Å². The minimum Gasteiger partial charge on any atom is -0.361 e. The summed E-state index contributed by atoms with van der Waals surface area (Å²) in [6, 6.07) is 0.533. The van der Waals surface area contributed by atoms with Crippen LogP contribution in [0.1, 0.15) is 19.8 Å². The van der Waals surface area contributed by atoms with Crippen LogP contribution in [0.5, 0.6) is 0 Å². The fraction of sp³-hybridized carbons (Fsp3) is 1.00. The molecule has 0 aliphatic carbocycles. The first-order chi connectivity index (χ1) is 5.33. The second-order valence-corrected chi connectivity index (χ2v) is 2.94. The molecule has 0 aromatic carbocycles. The molecular formula is C7H17N3O. The zero-order valence-corrected chi connectivity index (χ0v) is 6.97. The molecule has 0 aromatic heterocycles. The minimum atomic E-state index is -0.0441. The van der Waals surface area contributed by atoms with Gasteiger partial charge < -0.3 is 10.1 Å². The largest absolute Gasteiger partial charge is 0.361 e. The molecular weight excluding hydrogens is 142 g/mol. The molecule has 11 heavy (non-hydrogen) atoms. The summed E-state index contributed by atoms with van der Waals surface area (Å²) in [5.41, 5.74) is 2.54. The summed E-state index contributed by atoms with van der Waals surface area (Å²) in [5, 5.41) is 3.34. The van der Waals surface area contributed by atoms with Crippen LogP contribution in [0, 0.1) is 0 Å². The molecule has 0 amide bonds. The Bertz CT molecular complexity index is 104. The zero-order valence-electron chi connectivity index (χ0n) is 6.97. The van der Waals surface area contributed by atoms with E-state index in [2.05, 4.69) is 10.7 Å². The quantitative estimate of drug-likeness (QED) is 0.296. The molecule has 1 aliphatic heterocycles. The van der Waals surface area contributed by atoms with E-state index in [0.29, 0.717) is 6.04 Å². The maximum absolute atomic E-state index is 5.38. The normalized spacial score (nSPS) is 27.3. The van der Waals surface area contributed by atoms with E-state index in [9.17, 15) is 0 Å². The summed E-state index contributed by atoms with van der Waals surface area (Å²) in [4.78, 5) is 0. The molecule has 1 aliphatic rings. The Balaban J connectivity index is 2.01. The predicted molar refractivity (Wildman–Crippen MR) is 43.8 cm³/mol. The maximum Gasteiger partial charge on any atom is 0.117 e. The van der Waals surface area contributed by atoms with Crippen LogP contribution >= 0.6 is 0 Å². The highest BCUT2D eigenvalue weighted by Crippen LogP contribution is 2.05. The third kappa shape index (κ3) is 3.16. The minimum absolute atomic E-state index is 0.0441. The van der Waals surface area contributed by atoms with Gasteiger partial charge in [-0.3, -0.25) is 5.84 Å². The van der Waals surface area contributed by atoms with E-state index in [0.717, 1.165) is 13.2 Å². The second-order valence-electron chi connectivity index (χ2n) is 2.94. The molecule has 0 aromatic rings. The number of rotatable bonds is 4. The third-order valence-corrected chi connectivity index (χ3v) is 1.94. The van der Waals surface area contributed by atoms with Crippen molar-refractivity contribution in [1.82, 2.24) is 10.7 Å². The Kier molecular flexibility index (Phi) is 3.79. The van der Waals surface area contributed by atoms with E-state index in [-0.39, 0.29) is 6.23 Å². The highest BCUT2D eigenvalue weighted by atomic mass is 16.5. The van der Waals surface area contributed by atoms with Crippen molar-refractivity contribution in [1.29, 1.82) is 0 Å². The van der Waals surface area contributed by atoms with Crippen molar-refractivity contribution in [3.8, 4) is 0 Å². The highest BCUT2D eigenvalue weighted by Gasteiger charge is 2.14. The molecule has 1 unspecified atom stereocenters. The van der Waals surface area contributed by atoms with Crippen molar-refractivity contribution in [2.24, 2.45) is 5.84 Å². The average Bonchev–Trinajstić information content (AvgIpc) is 2.52. The highest BCUT2D eigenvalue weighted by molar-refractivity contribution is 4.73. The van der Waals surface area contributed by atoms with Gasteiger partial charge in [-0.2, -0.15) is 0 Å². The van der Waals surface area contributed by atoms with Gasteiger partial charge >= 0.3 is 0 Å². The van der Waals surface area contributed by atoms with Crippen molar-refractivity contribution < 1.29 is 4.74 Å². The summed E-state index contributed by atoms with van der Waals surface area (Å²) in [6.45, 7) is 3.78. The molecule has 66 valence electrons. The van der Waals surface area contributed by atoms with Gasteiger partial charge in [0.25, 0.3) is 0 Å². The predicted octanol–water partition coefficient (Wildman–Crippen LogP) is -0.436. The second kappa shape index (κ2) is 4.66. The van der Waals surface area contributed by atoms with E-state index in [1.165, 1.54) is 12.8 Å². The number of ether oxygens (including phenoxy) is 1. The van der Waals surface area contributed by atoms with Crippen LogP contribution in [0.4, 0.5) is 0 Å². The Morgan fingerprint density at radius 3 is 3.18 bits per heavy atom. The molecule has 1 heterocycles. The van der Waals surface area contributed by atoms with Crippen LogP contribution in [0.3, 0.4) is 0 Å². The maximum atomic E-state index is 5.38. The lowest BCUT2D eigenvalue weighted by atomic mass is 10.2. The van der Waals surface area contributed by atoms with Gasteiger partial charge in [0, 0.05) is 6.04 Å². The molecule has 1 rings (SSSR count). The van der Waals surface area contributed by atoms with Crippen LogP contribution in [-0.2, 0) is 4.74 Å². The molecule has 0 bridgehead atoms.